The standard InChI is InChI=1S/C13H22N2O5/c1-8-5-6-14-10(7-8)12(18)15-9(13(19)20)3-2-4-11(16)17/h8-10,14H,2-7H2,1H3,(H,15,18)(H,16,17)(H,19,20)/t8?,9-,10?/m1/s1. The summed E-state index contributed by atoms with van der Waals surface area (Å²) in [6.45, 7) is 2.80. The molecule has 1 heterocycles. The molecule has 0 aromatic rings. The van der Waals surface area contributed by atoms with Gasteiger partial charge >= 0.3 is 11.9 Å². The maximum atomic E-state index is 12.0. The van der Waals surface area contributed by atoms with Gasteiger partial charge in [0.2, 0.25) is 5.91 Å². The van der Waals surface area contributed by atoms with Gasteiger partial charge in [-0.25, -0.2) is 4.79 Å². The molecule has 0 bridgehead atoms. The van der Waals surface area contributed by atoms with Crippen molar-refractivity contribution in [1.82, 2.24) is 10.6 Å². The molecule has 7 nitrogen and oxygen atoms in total. The minimum absolute atomic E-state index is 0.0988. The highest BCUT2D eigenvalue weighted by Gasteiger charge is 2.28. The van der Waals surface area contributed by atoms with Gasteiger partial charge in [-0.15, -0.1) is 0 Å². The number of carbonyl (C=O) groups excluding carboxylic acids is 1. The van der Waals surface area contributed by atoms with E-state index in [4.69, 9.17) is 10.2 Å². The van der Waals surface area contributed by atoms with Crippen molar-refractivity contribution in [3.05, 3.63) is 0 Å². The lowest BCUT2D eigenvalue weighted by Gasteiger charge is -2.28. The van der Waals surface area contributed by atoms with Crippen LogP contribution in [0.1, 0.15) is 39.0 Å². The Morgan fingerprint density at radius 1 is 1.35 bits per heavy atom. The van der Waals surface area contributed by atoms with E-state index in [0.717, 1.165) is 13.0 Å². The molecule has 1 rings (SSSR count). The number of aliphatic carboxylic acids is 2. The van der Waals surface area contributed by atoms with Gasteiger partial charge in [0.25, 0.3) is 0 Å². The lowest BCUT2D eigenvalue weighted by molar-refractivity contribution is -0.143. The first kappa shape index (κ1) is 16.4. The Morgan fingerprint density at radius 2 is 2.05 bits per heavy atom. The number of carboxylic acid groups (broad SMARTS) is 2. The van der Waals surface area contributed by atoms with E-state index in [2.05, 4.69) is 17.6 Å². The lowest BCUT2D eigenvalue weighted by atomic mass is 9.93. The Hall–Kier alpha value is -1.63. The van der Waals surface area contributed by atoms with Crippen LogP contribution < -0.4 is 10.6 Å². The molecule has 114 valence electrons. The molecule has 0 saturated carbocycles. The highest BCUT2D eigenvalue weighted by molar-refractivity contribution is 5.87. The van der Waals surface area contributed by atoms with Crippen molar-refractivity contribution < 1.29 is 24.6 Å². The van der Waals surface area contributed by atoms with Crippen LogP contribution in [-0.2, 0) is 14.4 Å². The molecule has 0 radical (unpaired) electrons. The van der Waals surface area contributed by atoms with Gasteiger partial charge in [-0.05, 0) is 38.1 Å². The Morgan fingerprint density at radius 3 is 2.60 bits per heavy atom. The third-order valence-electron chi connectivity index (χ3n) is 3.48. The summed E-state index contributed by atoms with van der Waals surface area (Å²) in [6.07, 6.45) is 1.94. The summed E-state index contributed by atoms with van der Waals surface area (Å²) >= 11 is 0. The van der Waals surface area contributed by atoms with Crippen molar-refractivity contribution in [3.8, 4) is 0 Å². The summed E-state index contributed by atoms with van der Waals surface area (Å²) in [4.78, 5) is 33.5. The molecule has 0 aliphatic carbocycles. The molecule has 2 unspecified atom stereocenters. The number of piperidine rings is 1. The molecule has 7 heteroatoms. The van der Waals surface area contributed by atoms with Crippen LogP contribution >= 0.6 is 0 Å². The van der Waals surface area contributed by atoms with E-state index in [1.807, 2.05) is 0 Å². The van der Waals surface area contributed by atoms with Crippen LogP contribution in [-0.4, -0.2) is 46.7 Å². The number of hydrogen-bond donors (Lipinski definition) is 4. The van der Waals surface area contributed by atoms with E-state index >= 15 is 0 Å². The van der Waals surface area contributed by atoms with Crippen LogP contribution in [0.3, 0.4) is 0 Å². The molecular formula is C13H22N2O5. The normalized spacial score (nSPS) is 23.9. The van der Waals surface area contributed by atoms with Crippen LogP contribution in [0, 0.1) is 5.92 Å². The highest BCUT2D eigenvalue weighted by atomic mass is 16.4. The average molecular weight is 286 g/mol. The first-order valence-corrected chi connectivity index (χ1v) is 6.88. The van der Waals surface area contributed by atoms with Gasteiger partial charge in [0.15, 0.2) is 0 Å². The van der Waals surface area contributed by atoms with E-state index in [0.29, 0.717) is 12.3 Å². The molecule has 20 heavy (non-hydrogen) atoms. The lowest BCUT2D eigenvalue weighted by Crippen LogP contribution is -2.52. The zero-order chi connectivity index (χ0) is 15.1. The molecule has 0 spiro atoms. The molecule has 3 atom stereocenters. The summed E-state index contributed by atoms with van der Waals surface area (Å²) in [7, 11) is 0. The number of carboxylic acids is 2. The summed E-state index contributed by atoms with van der Waals surface area (Å²) in [5.41, 5.74) is 0. The van der Waals surface area contributed by atoms with Gasteiger partial charge in [-0.1, -0.05) is 6.92 Å². The smallest absolute Gasteiger partial charge is 0.326 e. The van der Waals surface area contributed by atoms with E-state index < -0.39 is 18.0 Å². The van der Waals surface area contributed by atoms with Gasteiger partial charge in [-0.2, -0.15) is 0 Å². The van der Waals surface area contributed by atoms with Crippen molar-refractivity contribution in [2.45, 2.75) is 51.1 Å². The molecule has 1 aliphatic heterocycles. The predicted octanol–water partition coefficient (Wildman–Crippen LogP) is 0.199. The van der Waals surface area contributed by atoms with Crippen molar-refractivity contribution in [1.29, 1.82) is 0 Å². The topological polar surface area (TPSA) is 116 Å². The fourth-order valence-electron chi connectivity index (χ4n) is 2.29. The fraction of sp³-hybridized carbons (Fsp3) is 0.769. The molecule has 1 saturated heterocycles. The summed E-state index contributed by atoms with van der Waals surface area (Å²) in [5.74, 6) is -1.99. The monoisotopic (exact) mass is 286 g/mol. The number of rotatable bonds is 7. The maximum Gasteiger partial charge on any atom is 0.326 e. The van der Waals surface area contributed by atoms with Gasteiger partial charge in [0, 0.05) is 6.42 Å². The van der Waals surface area contributed by atoms with Crippen LogP contribution in [0.25, 0.3) is 0 Å². The molecule has 1 amide bonds. The van der Waals surface area contributed by atoms with Gasteiger partial charge in [0.05, 0.1) is 6.04 Å². The van der Waals surface area contributed by atoms with Crippen LogP contribution in [0.5, 0.6) is 0 Å². The first-order chi connectivity index (χ1) is 9.40. The highest BCUT2D eigenvalue weighted by Crippen LogP contribution is 2.15. The number of amides is 1. The minimum atomic E-state index is -1.13. The Bertz CT molecular complexity index is 372. The number of hydrogen-bond acceptors (Lipinski definition) is 4. The van der Waals surface area contributed by atoms with Crippen molar-refractivity contribution >= 4 is 17.8 Å². The second kappa shape index (κ2) is 7.84. The second-order valence-corrected chi connectivity index (χ2v) is 5.32. The zero-order valence-electron chi connectivity index (χ0n) is 11.6. The van der Waals surface area contributed by atoms with Crippen LogP contribution in [0.15, 0.2) is 0 Å². The van der Waals surface area contributed by atoms with Gasteiger partial charge in [0.1, 0.15) is 6.04 Å². The average Bonchev–Trinajstić information content (AvgIpc) is 2.36. The van der Waals surface area contributed by atoms with E-state index in [1.54, 1.807) is 0 Å². The SMILES string of the molecule is CC1CCNC(C(=O)N[C@H](CCCC(=O)O)C(=O)O)C1. The van der Waals surface area contributed by atoms with E-state index in [1.165, 1.54) is 0 Å². The quantitative estimate of drug-likeness (QED) is 0.531. The van der Waals surface area contributed by atoms with E-state index in [9.17, 15) is 14.4 Å². The molecule has 1 fully saturated rings. The molecular weight excluding hydrogens is 264 g/mol. The maximum absolute atomic E-state index is 12.0. The number of nitrogens with one attached hydrogen (secondary N) is 2. The molecule has 0 aromatic carbocycles. The van der Waals surface area contributed by atoms with Crippen LogP contribution in [0.4, 0.5) is 0 Å². The largest absolute Gasteiger partial charge is 0.481 e. The summed E-state index contributed by atoms with van der Waals surface area (Å²) in [6, 6.07) is -1.39. The van der Waals surface area contributed by atoms with Crippen LogP contribution in [0.2, 0.25) is 0 Å². The van der Waals surface area contributed by atoms with Crippen molar-refractivity contribution in [2.75, 3.05) is 6.54 Å². The molecule has 0 aromatic heterocycles. The predicted molar refractivity (Wildman–Crippen MR) is 71.2 cm³/mol. The van der Waals surface area contributed by atoms with Gasteiger partial charge < -0.3 is 20.8 Å². The fourth-order valence-corrected chi connectivity index (χ4v) is 2.29. The second-order valence-electron chi connectivity index (χ2n) is 5.32. The number of carbonyl (C=O) groups is 3. The third kappa shape index (κ3) is 5.56. The van der Waals surface area contributed by atoms with E-state index in [-0.39, 0.29) is 31.2 Å². The summed E-state index contributed by atoms with van der Waals surface area (Å²) < 4.78 is 0. The minimum Gasteiger partial charge on any atom is -0.481 e. The third-order valence-corrected chi connectivity index (χ3v) is 3.48. The molecule has 4 N–H and O–H groups in total. The van der Waals surface area contributed by atoms with Gasteiger partial charge in [-0.3, -0.25) is 9.59 Å². The Kier molecular flexibility index (Phi) is 6.44. The Balaban J connectivity index is 2.45. The summed E-state index contributed by atoms with van der Waals surface area (Å²) in [5, 5.41) is 23.1. The zero-order valence-corrected chi connectivity index (χ0v) is 11.6. The van der Waals surface area contributed by atoms with Crippen molar-refractivity contribution in [2.24, 2.45) is 5.92 Å². The van der Waals surface area contributed by atoms with Crippen molar-refractivity contribution in [3.63, 3.8) is 0 Å². The molecule has 1 aliphatic rings. The Labute approximate surface area is 117 Å². The first-order valence-electron chi connectivity index (χ1n) is 6.88.